The maximum Gasteiger partial charge on any atom is 0.176 e. The van der Waals surface area contributed by atoms with Gasteiger partial charge in [0.15, 0.2) is 6.29 Å². The highest BCUT2D eigenvalue weighted by atomic mass is 16.7. The first kappa shape index (κ1) is 19.9. The van der Waals surface area contributed by atoms with Crippen LogP contribution in [-0.2, 0) is 18.9 Å². The van der Waals surface area contributed by atoms with E-state index in [4.69, 9.17) is 36.1 Å². The van der Waals surface area contributed by atoms with Crippen LogP contribution in [0.3, 0.4) is 0 Å². The highest BCUT2D eigenvalue weighted by Crippen LogP contribution is 2.29. The summed E-state index contributed by atoms with van der Waals surface area (Å²) in [5.74, 6) is 0. The average Bonchev–Trinajstić information content (AvgIpc) is 2.56. The average molecular weight is 351 g/mol. The fourth-order valence-electron chi connectivity index (χ4n) is 3.39. The molecule has 0 aromatic rings. The third-order valence-corrected chi connectivity index (χ3v) is 4.80. The van der Waals surface area contributed by atoms with Gasteiger partial charge in [-0.05, 0) is 6.42 Å². The molecule has 1 saturated heterocycles. The van der Waals surface area contributed by atoms with Gasteiger partial charge in [-0.15, -0.1) is 0 Å². The van der Waals surface area contributed by atoms with Crippen LogP contribution in [0, 0.1) is 0 Å². The minimum atomic E-state index is -1.30. The predicted molar refractivity (Wildman–Crippen MR) is 82.8 cm³/mol. The summed E-state index contributed by atoms with van der Waals surface area (Å²) < 4.78 is 22.2. The highest BCUT2D eigenvalue weighted by molar-refractivity contribution is 5.00. The largest absolute Gasteiger partial charge is 0.394 e. The van der Waals surface area contributed by atoms with Crippen molar-refractivity contribution in [2.75, 3.05) is 20.8 Å². The van der Waals surface area contributed by atoms with E-state index in [-0.39, 0.29) is 6.04 Å². The number of ether oxygens (including phenoxy) is 4. The summed E-state index contributed by atoms with van der Waals surface area (Å²) in [6, 6.07) is -1.78. The van der Waals surface area contributed by atoms with Crippen LogP contribution < -0.4 is 17.2 Å². The molecule has 1 aliphatic heterocycles. The fourth-order valence-corrected chi connectivity index (χ4v) is 3.39. The second-order valence-corrected chi connectivity index (χ2v) is 6.35. The summed E-state index contributed by atoms with van der Waals surface area (Å²) in [4.78, 5) is 0. The van der Waals surface area contributed by atoms with Crippen LogP contribution in [0.2, 0.25) is 0 Å². The molecule has 0 unspecified atom stereocenters. The first-order chi connectivity index (χ1) is 11.3. The molecular formula is C14H29N3O7. The number of nitrogens with two attached hydrogens (primary N) is 3. The molecule has 0 spiro atoms. The Morgan fingerprint density at radius 1 is 0.958 bits per heavy atom. The normalized spacial score (nSPS) is 50.0. The van der Waals surface area contributed by atoms with E-state index in [1.54, 1.807) is 0 Å². The van der Waals surface area contributed by atoms with Gasteiger partial charge in [0.05, 0.1) is 12.6 Å². The third kappa shape index (κ3) is 3.73. The van der Waals surface area contributed by atoms with E-state index in [2.05, 4.69) is 0 Å². The molecule has 1 heterocycles. The first-order valence-electron chi connectivity index (χ1n) is 7.95. The van der Waals surface area contributed by atoms with E-state index in [9.17, 15) is 15.3 Å². The molecule has 0 aromatic heterocycles. The van der Waals surface area contributed by atoms with Crippen molar-refractivity contribution in [1.29, 1.82) is 0 Å². The molecule has 0 bridgehead atoms. The molecule has 24 heavy (non-hydrogen) atoms. The van der Waals surface area contributed by atoms with Crippen molar-refractivity contribution >= 4 is 0 Å². The predicted octanol–water partition coefficient (Wildman–Crippen LogP) is -3.77. The Balaban J connectivity index is 2.14. The zero-order valence-corrected chi connectivity index (χ0v) is 13.9. The van der Waals surface area contributed by atoms with Crippen molar-refractivity contribution in [2.24, 2.45) is 17.2 Å². The number of rotatable bonds is 5. The van der Waals surface area contributed by atoms with Crippen molar-refractivity contribution < 1.29 is 34.3 Å². The zero-order valence-electron chi connectivity index (χ0n) is 13.9. The van der Waals surface area contributed by atoms with Gasteiger partial charge in [-0.3, -0.25) is 0 Å². The van der Waals surface area contributed by atoms with Gasteiger partial charge in [-0.1, -0.05) is 0 Å². The van der Waals surface area contributed by atoms with E-state index in [0.29, 0.717) is 6.42 Å². The van der Waals surface area contributed by atoms with Crippen LogP contribution in [-0.4, -0.2) is 97.2 Å². The molecule has 9 N–H and O–H groups in total. The summed E-state index contributed by atoms with van der Waals surface area (Å²) in [5.41, 5.74) is 18.1. The molecule has 10 heteroatoms. The molecule has 1 aliphatic carbocycles. The monoisotopic (exact) mass is 351 g/mol. The Kier molecular flexibility index (Phi) is 6.90. The number of methoxy groups -OCH3 is 2. The van der Waals surface area contributed by atoms with Crippen molar-refractivity contribution in [3.63, 3.8) is 0 Å². The van der Waals surface area contributed by atoms with Crippen LogP contribution in [0.25, 0.3) is 0 Å². The lowest BCUT2D eigenvalue weighted by molar-refractivity contribution is -0.296. The number of hydrogen-bond acceptors (Lipinski definition) is 10. The second kappa shape index (κ2) is 8.32. The van der Waals surface area contributed by atoms with Crippen LogP contribution in [0.4, 0.5) is 0 Å². The van der Waals surface area contributed by atoms with E-state index < -0.39 is 61.6 Å². The second-order valence-electron chi connectivity index (χ2n) is 6.35. The minimum Gasteiger partial charge on any atom is -0.394 e. The first-order valence-corrected chi connectivity index (χ1v) is 7.95. The van der Waals surface area contributed by atoms with Gasteiger partial charge < -0.3 is 51.5 Å². The number of hydrogen-bond donors (Lipinski definition) is 6. The lowest BCUT2D eigenvalue weighted by atomic mass is 9.84. The topological polar surface area (TPSA) is 176 Å². The maximum atomic E-state index is 10.0. The van der Waals surface area contributed by atoms with Crippen LogP contribution in [0.1, 0.15) is 6.42 Å². The van der Waals surface area contributed by atoms with Gasteiger partial charge in [0.1, 0.15) is 36.6 Å². The fraction of sp³-hybridized carbons (Fsp3) is 1.00. The Morgan fingerprint density at radius 3 is 2.08 bits per heavy atom. The molecule has 2 fully saturated rings. The summed E-state index contributed by atoms with van der Waals surface area (Å²) in [7, 11) is 3.02. The Labute approximate surface area is 140 Å². The van der Waals surface area contributed by atoms with E-state index in [0.717, 1.165) is 0 Å². The molecule has 0 radical (unpaired) electrons. The van der Waals surface area contributed by atoms with Gasteiger partial charge in [0.25, 0.3) is 0 Å². The quantitative estimate of drug-likeness (QED) is 0.288. The lowest BCUT2D eigenvalue weighted by Gasteiger charge is -2.47. The maximum absolute atomic E-state index is 10.0. The molecule has 2 rings (SSSR count). The molecule has 0 aromatic carbocycles. The molecule has 0 amide bonds. The zero-order chi connectivity index (χ0) is 18.0. The summed E-state index contributed by atoms with van der Waals surface area (Å²) in [6.07, 6.45) is -5.86. The van der Waals surface area contributed by atoms with Gasteiger partial charge in [0.2, 0.25) is 0 Å². The Morgan fingerprint density at radius 2 is 1.54 bits per heavy atom. The van der Waals surface area contributed by atoms with Crippen molar-refractivity contribution in [1.82, 2.24) is 0 Å². The van der Waals surface area contributed by atoms with E-state index >= 15 is 0 Å². The summed E-state index contributed by atoms with van der Waals surface area (Å²) in [5, 5.41) is 29.1. The SMILES string of the molecule is CO[C@@H]1[C@@H](OC)[C@H](N)C[C@H](N)[C@H]1O[C@H]1O[C@H](CO)[C@@H](O)[C@H](O)[C@H]1N. The molecule has 2 aliphatic rings. The van der Waals surface area contributed by atoms with Gasteiger partial charge in [-0.2, -0.15) is 0 Å². The molecule has 10 nitrogen and oxygen atoms in total. The molecule has 10 atom stereocenters. The van der Waals surface area contributed by atoms with Crippen LogP contribution in [0.15, 0.2) is 0 Å². The van der Waals surface area contributed by atoms with Crippen molar-refractivity contribution in [3.8, 4) is 0 Å². The minimum absolute atomic E-state index is 0.312. The van der Waals surface area contributed by atoms with E-state index in [1.165, 1.54) is 14.2 Å². The molecular weight excluding hydrogens is 322 g/mol. The standard InChI is InChI=1S/C14H29N3O7/c1-21-11-5(15)3-6(16)12(13(11)22-2)24-14-8(17)10(20)9(19)7(4-18)23-14/h5-14,18-20H,3-4,15-17H2,1-2H3/t5-,6+,7-,8-,9-,10-,11+,12-,13-,14-/m1/s1. The summed E-state index contributed by atoms with van der Waals surface area (Å²) in [6.45, 7) is -0.485. The smallest absolute Gasteiger partial charge is 0.176 e. The summed E-state index contributed by atoms with van der Waals surface area (Å²) >= 11 is 0. The number of aliphatic hydroxyl groups excluding tert-OH is 3. The lowest BCUT2D eigenvalue weighted by Crippen LogP contribution is -2.67. The van der Waals surface area contributed by atoms with Crippen LogP contribution in [0.5, 0.6) is 0 Å². The number of aliphatic hydroxyl groups is 3. The third-order valence-electron chi connectivity index (χ3n) is 4.80. The van der Waals surface area contributed by atoms with Crippen molar-refractivity contribution in [3.05, 3.63) is 0 Å². The molecule has 1 saturated carbocycles. The van der Waals surface area contributed by atoms with E-state index in [1.807, 2.05) is 0 Å². The Bertz CT molecular complexity index is 403. The highest BCUT2D eigenvalue weighted by Gasteiger charge is 2.49. The van der Waals surface area contributed by atoms with Crippen LogP contribution >= 0.6 is 0 Å². The van der Waals surface area contributed by atoms with Gasteiger partial charge in [0, 0.05) is 26.3 Å². The van der Waals surface area contributed by atoms with Gasteiger partial charge >= 0.3 is 0 Å². The Hall–Kier alpha value is -0.400. The molecule has 142 valence electrons. The van der Waals surface area contributed by atoms with Crippen molar-refractivity contribution in [2.45, 2.75) is 67.5 Å². The van der Waals surface area contributed by atoms with Gasteiger partial charge in [-0.25, -0.2) is 0 Å².